The van der Waals surface area contributed by atoms with Crippen LogP contribution in [-0.2, 0) is 4.79 Å². The number of hydrogen-bond acceptors (Lipinski definition) is 3. The van der Waals surface area contributed by atoms with Crippen LogP contribution in [0.2, 0.25) is 0 Å². The minimum absolute atomic E-state index is 0.0998. The van der Waals surface area contributed by atoms with Gasteiger partial charge in [0.2, 0.25) is 5.78 Å². The van der Waals surface area contributed by atoms with Crippen molar-refractivity contribution in [3.8, 4) is 33.8 Å². The summed E-state index contributed by atoms with van der Waals surface area (Å²) in [6.45, 7) is 4.14. The van der Waals surface area contributed by atoms with Crippen LogP contribution < -0.4 is 4.90 Å². The van der Waals surface area contributed by atoms with Gasteiger partial charge >= 0.3 is 0 Å². The molecule has 0 saturated carbocycles. The van der Waals surface area contributed by atoms with Gasteiger partial charge in [-0.25, -0.2) is 0 Å². The maximum Gasteiger partial charge on any atom is 0.212 e. The Morgan fingerprint density at radius 2 is 0.961 bits per heavy atom. The van der Waals surface area contributed by atoms with Gasteiger partial charge < -0.3 is 14.6 Å². The molecule has 0 unspecified atom stereocenters. The van der Waals surface area contributed by atoms with Gasteiger partial charge in [-0.05, 0) is 65.4 Å². The zero-order chi connectivity index (χ0) is 34.9. The first kappa shape index (κ1) is 31.6. The number of aromatic nitrogens is 1. The number of hydrogen-bond donors (Lipinski definition) is 1. The van der Waals surface area contributed by atoms with Crippen molar-refractivity contribution in [2.75, 3.05) is 4.90 Å². The van der Waals surface area contributed by atoms with Gasteiger partial charge in [-0.2, -0.15) is 0 Å². The van der Waals surface area contributed by atoms with Gasteiger partial charge in [0, 0.05) is 11.4 Å². The molecule has 0 spiro atoms. The lowest BCUT2D eigenvalue weighted by Crippen LogP contribution is -2.20. The number of nitrogens with zero attached hydrogens (tertiary/aromatic N) is 2. The van der Waals surface area contributed by atoms with Crippen LogP contribution in [0.4, 0.5) is 5.69 Å². The zero-order valence-corrected chi connectivity index (χ0v) is 28.5. The summed E-state index contributed by atoms with van der Waals surface area (Å²) >= 11 is 0. The molecule has 1 aromatic heterocycles. The summed E-state index contributed by atoms with van der Waals surface area (Å²) < 4.78 is 2.11. The Kier molecular flexibility index (Phi) is 8.27. The van der Waals surface area contributed by atoms with Crippen LogP contribution in [0.15, 0.2) is 176 Å². The number of anilines is 1. The van der Waals surface area contributed by atoms with Gasteiger partial charge in [0.05, 0.1) is 33.9 Å². The zero-order valence-electron chi connectivity index (χ0n) is 28.5. The standard InChI is InChI=1S/C47H36N2O2/c1-32-19-15-17-29-38(32)48-40(46(50)42(34-21-7-3-8-22-34)44(48)36-25-11-5-12-26-36)31-41-47(51)43(35-23-9-4-10-24-35)45(37-27-13-6-14-28-37)49(41)39-30-18-16-20-33(39)2/h3-31,50H,1-2H3. The number of rotatable bonds is 7. The first-order chi connectivity index (χ1) is 25.0. The predicted octanol–water partition coefficient (Wildman–Crippen LogP) is 11.1. The average molecular weight is 661 g/mol. The molecule has 2 heterocycles. The maximum absolute atomic E-state index is 15.2. The SMILES string of the molecule is Cc1ccccc1N1C(=Cc2c(O)c(-c3ccccc3)c(-c3ccccc3)n2-c2ccccc2C)C(=O)C(c2ccccc2)=C1c1ccccc1. The van der Waals surface area contributed by atoms with Crippen LogP contribution in [-0.4, -0.2) is 15.5 Å². The van der Waals surface area contributed by atoms with Crippen molar-refractivity contribution in [1.82, 2.24) is 4.57 Å². The van der Waals surface area contributed by atoms with E-state index >= 15 is 4.79 Å². The Balaban J connectivity index is 1.50. The highest BCUT2D eigenvalue weighted by Crippen LogP contribution is 2.49. The van der Waals surface area contributed by atoms with E-state index in [9.17, 15) is 5.11 Å². The van der Waals surface area contributed by atoms with Gasteiger partial charge in [0.15, 0.2) is 0 Å². The summed E-state index contributed by atoms with van der Waals surface area (Å²) in [4.78, 5) is 17.3. The summed E-state index contributed by atoms with van der Waals surface area (Å²) in [6.07, 6.45) is 1.88. The molecule has 0 aliphatic carbocycles. The van der Waals surface area contributed by atoms with Crippen molar-refractivity contribution < 1.29 is 9.90 Å². The summed E-state index contributed by atoms with van der Waals surface area (Å²) in [7, 11) is 0. The third-order valence-electron chi connectivity index (χ3n) is 9.55. The smallest absolute Gasteiger partial charge is 0.212 e. The number of aryl methyl sites for hydroxylation is 2. The Hall–Kier alpha value is -6.65. The molecular formula is C47H36N2O2. The number of carbonyl (C=O) groups excluding carboxylic acids is 1. The highest BCUT2D eigenvalue weighted by molar-refractivity contribution is 6.42. The predicted molar refractivity (Wildman–Crippen MR) is 209 cm³/mol. The van der Waals surface area contributed by atoms with E-state index in [1.165, 1.54) is 0 Å². The lowest BCUT2D eigenvalue weighted by atomic mass is 9.98. The monoisotopic (exact) mass is 660 g/mol. The number of para-hydroxylation sites is 2. The van der Waals surface area contributed by atoms with Crippen molar-refractivity contribution in [2.24, 2.45) is 0 Å². The van der Waals surface area contributed by atoms with Crippen LogP contribution in [0.5, 0.6) is 5.75 Å². The second-order valence-electron chi connectivity index (χ2n) is 12.7. The maximum atomic E-state index is 15.2. The minimum atomic E-state index is -0.122. The summed E-state index contributed by atoms with van der Waals surface area (Å²) in [5, 5.41) is 12.6. The van der Waals surface area contributed by atoms with E-state index in [1.807, 2.05) is 140 Å². The van der Waals surface area contributed by atoms with Crippen molar-refractivity contribution in [3.63, 3.8) is 0 Å². The molecule has 0 fully saturated rings. The first-order valence-corrected chi connectivity index (χ1v) is 17.1. The molecule has 51 heavy (non-hydrogen) atoms. The van der Waals surface area contributed by atoms with Crippen LogP contribution in [0, 0.1) is 13.8 Å². The second-order valence-corrected chi connectivity index (χ2v) is 12.7. The molecule has 246 valence electrons. The molecule has 0 bridgehead atoms. The minimum Gasteiger partial charge on any atom is -0.505 e. The average Bonchev–Trinajstić information content (AvgIpc) is 3.63. The largest absolute Gasteiger partial charge is 0.505 e. The number of benzene rings is 6. The molecule has 6 aromatic carbocycles. The van der Waals surface area contributed by atoms with E-state index in [-0.39, 0.29) is 11.5 Å². The number of ketones is 1. The molecule has 1 N–H and O–H groups in total. The Morgan fingerprint density at radius 1 is 0.510 bits per heavy atom. The molecule has 4 nitrogen and oxygen atoms in total. The summed E-state index contributed by atoms with van der Waals surface area (Å²) in [5.74, 6) is -0.0227. The Bertz CT molecular complexity index is 2440. The fraction of sp³-hybridized carbons (Fsp3) is 0.0426. The highest BCUT2D eigenvalue weighted by Gasteiger charge is 2.39. The van der Waals surface area contributed by atoms with E-state index in [1.54, 1.807) is 0 Å². The normalized spacial score (nSPS) is 13.7. The fourth-order valence-electron chi connectivity index (χ4n) is 7.16. The molecule has 1 aliphatic heterocycles. The number of aromatic hydroxyl groups is 1. The van der Waals surface area contributed by atoms with Crippen molar-refractivity contribution >= 4 is 28.8 Å². The lowest BCUT2D eigenvalue weighted by molar-refractivity contribution is -0.110. The Morgan fingerprint density at radius 3 is 1.51 bits per heavy atom. The molecule has 0 amide bonds. The Labute approximate surface area is 298 Å². The van der Waals surface area contributed by atoms with Crippen LogP contribution in [0.1, 0.15) is 27.9 Å². The molecule has 4 heteroatoms. The third-order valence-corrected chi connectivity index (χ3v) is 9.55. The number of Topliss-reactive ketones (excluding diaryl/α,β-unsaturated/α-hetero) is 1. The summed E-state index contributed by atoms with van der Waals surface area (Å²) in [6, 6.07) is 56.4. The molecule has 0 saturated heterocycles. The van der Waals surface area contributed by atoms with E-state index in [2.05, 4.69) is 59.7 Å². The first-order valence-electron chi connectivity index (χ1n) is 17.1. The molecule has 0 radical (unpaired) electrons. The topological polar surface area (TPSA) is 45.5 Å². The van der Waals surface area contributed by atoms with Gasteiger partial charge in [0.1, 0.15) is 5.75 Å². The van der Waals surface area contributed by atoms with Gasteiger partial charge in [0.25, 0.3) is 0 Å². The van der Waals surface area contributed by atoms with E-state index in [0.29, 0.717) is 22.5 Å². The highest BCUT2D eigenvalue weighted by atomic mass is 16.3. The molecule has 1 aliphatic rings. The molecule has 0 atom stereocenters. The van der Waals surface area contributed by atoms with Crippen LogP contribution >= 0.6 is 0 Å². The van der Waals surface area contributed by atoms with E-state index < -0.39 is 0 Å². The van der Waals surface area contributed by atoms with Crippen molar-refractivity contribution in [3.05, 3.63) is 204 Å². The molecule has 7 aromatic rings. The second kappa shape index (κ2) is 13.3. The number of allylic oxidation sites excluding steroid dienone is 1. The van der Waals surface area contributed by atoms with E-state index in [4.69, 9.17) is 0 Å². The van der Waals surface area contributed by atoms with Gasteiger partial charge in [-0.15, -0.1) is 0 Å². The fourth-order valence-corrected chi connectivity index (χ4v) is 7.16. The van der Waals surface area contributed by atoms with Crippen molar-refractivity contribution in [2.45, 2.75) is 13.8 Å². The van der Waals surface area contributed by atoms with E-state index in [0.717, 1.165) is 56.1 Å². The third kappa shape index (κ3) is 5.57. The lowest BCUT2D eigenvalue weighted by Gasteiger charge is -2.26. The van der Waals surface area contributed by atoms with Crippen molar-refractivity contribution in [1.29, 1.82) is 0 Å². The molecule has 8 rings (SSSR count). The van der Waals surface area contributed by atoms with Crippen LogP contribution in [0.3, 0.4) is 0 Å². The van der Waals surface area contributed by atoms with Crippen LogP contribution in [0.25, 0.3) is 45.4 Å². The quantitative estimate of drug-likeness (QED) is 0.173. The molecular weight excluding hydrogens is 625 g/mol. The van der Waals surface area contributed by atoms with Gasteiger partial charge in [-0.3, -0.25) is 4.79 Å². The number of carbonyl (C=O) groups is 1. The van der Waals surface area contributed by atoms with Gasteiger partial charge in [-0.1, -0.05) is 158 Å². The summed E-state index contributed by atoms with van der Waals surface area (Å²) in [5.41, 5.74) is 11.3.